The molecule has 1 aliphatic rings. The van der Waals surface area contributed by atoms with E-state index in [2.05, 4.69) is 11.9 Å². The van der Waals surface area contributed by atoms with Gasteiger partial charge in [0.2, 0.25) is 5.91 Å². The van der Waals surface area contributed by atoms with Crippen LogP contribution in [0.2, 0.25) is 0 Å². The molecular formula is C12H23N3OS. The molecule has 1 aliphatic heterocycles. The predicted octanol–water partition coefficient (Wildman–Crippen LogP) is 0.851. The van der Waals surface area contributed by atoms with Gasteiger partial charge in [-0.3, -0.25) is 4.79 Å². The molecule has 0 bridgehead atoms. The van der Waals surface area contributed by atoms with Crippen molar-refractivity contribution in [2.75, 3.05) is 27.2 Å². The number of piperidine rings is 1. The second-order valence-corrected chi connectivity index (χ2v) is 5.32. The third-order valence-corrected chi connectivity index (χ3v) is 3.92. The van der Waals surface area contributed by atoms with Crippen LogP contribution in [0.4, 0.5) is 0 Å². The Labute approximate surface area is 109 Å². The summed E-state index contributed by atoms with van der Waals surface area (Å²) in [6.07, 6.45) is 2.75. The number of thiocarbonyl (C=S) groups is 1. The standard InChI is InChI=1S/C12H23N3OS/c1-4-10(11(13)17)12(16)15(3)9-5-7-14(2)8-6-9/h9-10H,4-8H2,1-3H3,(H2,13,17). The van der Waals surface area contributed by atoms with Gasteiger partial charge in [-0.15, -0.1) is 0 Å². The summed E-state index contributed by atoms with van der Waals surface area (Å²) in [5.41, 5.74) is 5.61. The van der Waals surface area contributed by atoms with E-state index in [1.165, 1.54) is 0 Å². The molecule has 0 saturated carbocycles. The number of nitrogens with two attached hydrogens (primary N) is 1. The van der Waals surface area contributed by atoms with Crippen LogP contribution in [0, 0.1) is 5.92 Å². The summed E-state index contributed by atoms with van der Waals surface area (Å²) in [6.45, 7) is 4.04. The maximum Gasteiger partial charge on any atom is 0.232 e. The van der Waals surface area contributed by atoms with Crippen molar-refractivity contribution < 1.29 is 4.79 Å². The Hall–Kier alpha value is -0.680. The number of likely N-dealkylation sites (tertiary alicyclic amines) is 1. The Balaban J connectivity index is 2.59. The molecule has 0 aromatic carbocycles. The fraction of sp³-hybridized carbons (Fsp3) is 0.833. The molecule has 17 heavy (non-hydrogen) atoms. The minimum Gasteiger partial charge on any atom is -0.393 e. The van der Waals surface area contributed by atoms with Gasteiger partial charge in [-0.05, 0) is 39.4 Å². The van der Waals surface area contributed by atoms with Crippen LogP contribution in [0.3, 0.4) is 0 Å². The first kappa shape index (κ1) is 14.4. The Kier molecular flexibility index (Phi) is 5.33. The van der Waals surface area contributed by atoms with E-state index in [9.17, 15) is 4.79 Å². The molecule has 0 aromatic heterocycles. The lowest BCUT2D eigenvalue weighted by molar-refractivity contribution is -0.135. The molecule has 1 rings (SSSR count). The normalized spacial score (nSPS) is 19.9. The first-order valence-corrected chi connectivity index (χ1v) is 6.62. The number of nitrogens with zero attached hydrogens (tertiary/aromatic N) is 2. The van der Waals surface area contributed by atoms with E-state index in [0.717, 1.165) is 25.9 Å². The largest absolute Gasteiger partial charge is 0.393 e. The second-order valence-electron chi connectivity index (χ2n) is 4.85. The van der Waals surface area contributed by atoms with Gasteiger partial charge >= 0.3 is 0 Å². The SMILES string of the molecule is CCC(C(=O)N(C)C1CCN(C)CC1)C(N)=S. The molecule has 4 nitrogen and oxygen atoms in total. The van der Waals surface area contributed by atoms with Crippen LogP contribution in [0.5, 0.6) is 0 Å². The van der Waals surface area contributed by atoms with Gasteiger partial charge in [-0.25, -0.2) is 0 Å². The maximum atomic E-state index is 12.2. The van der Waals surface area contributed by atoms with Crippen LogP contribution in [-0.4, -0.2) is 53.9 Å². The van der Waals surface area contributed by atoms with Gasteiger partial charge in [0.25, 0.3) is 0 Å². The molecule has 1 fully saturated rings. The van der Waals surface area contributed by atoms with Crippen molar-refractivity contribution in [2.24, 2.45) is 11.7 Å². The molecule has 0 spiro atoms. The van der Waals surface area contributed by atoms with Gasteiger partial charge in [0.1, 0.15) is 0 Å². The van der Waals surface area contributed by atoms with Crippen LogP contribution in [0.1, 0.15) is 26.2 Å². The fourth-order valence-electron chi connectivity index (χ4n) is 2.31. The van der Waals surface area contributed by atoms with Crippen molar-refractivity contribution >= 4 is 23.1 Å². The molecule has 5 heteroatoms. The number of hydrogen-bond donors (Lipinski definition) is 1. The Bertz CT molecular complexity index is 287. The summed E-state index contributed by atoms with van der Waals surface area (Å²) in [6, 6.07) is 0.335. The number of carbonyl (C=O) groups excluding carboxylic acids is 1. The highest BCUT2D eigenvalue weighted by atomic mass is 32.1. The van der Waals surface area contributed by atoms with Gasteiger partial charge in [0.05, 0.1) is 10.9 Å². The molecule has 1 saturated heterocycles. The Morgan fingerprint density at radius 1 is 1.53 bits per heavy atom. The van der Waals surface area contributed by atoms with E-state index in [1.807, 2.05) is 18.9 Å². The predicted molar refractivity (Wildman–Crippen MR) is 73.9 cm³/mol. The second kappa shape index (κ2) is 6.31. The molecule has 1 heterocycles. The van der Waals surface area contributed by atoms with E-state index in [1.54, 1.807) is 0 Å². The summed E-state index contributed by atoms with van der Waals surface area (Å²) >= 11 is 4.95. The lowest BCUT2D eigenvalue weighted by Crippen LogP contribution is -2.48. The zero-order chi connectivity index (χ0) is 13.0. The molecular weight excluding hydrogens is 234 g/mol. The summed E-state index contributed by atoms with van der Waals surface area (Å²) in [5, 5.41) is 0. The van der Waals surface area contributed by atoms with Gasteiger partial charge < -0.3 is 15.5 Å². The van der Waals surface area contributed by atoms with E-state index in [4.69, 9.17) is 18.0 Å². The van der Waals surface area contributed by atoms with Crippen molar-refractivity contribution in [3.63, 3.8) is 0 Å². The molecule has 0 radical (unpaired) electrons. The molecule has 1 atom stereocenters. The Morgan fingerprint density at radius 3 is 2.47 bits per heavy atom. The van der Waals surface area contributed by atoms with Crippen molar-refractivity contribution in [1.29, 1.82) is 0 Å². The van der Waals surface area contributed by atoms with Crippen LogP contribution in [-0.2, 0) is 4.79 Å². The van der Waals surface area contributed by atoms with Crippen LogP contribution in [0.25, 0.3) is 0 Å². The van der Waals surface area contributed by atoms with E-state index in [0.29, 0.717) is 17.5 Å². The number of amides is 1. The maximum absolute atomic E-state index is 12.2. The molecule has 2 N–H and O–H groups in total. The zero-order valence-electron chi connectivity index (χ0n) is 11.0. The zero-order valence-corrected chi connectivity index (χ0v) is 11.8. The van der Waals surface area contributed by atoms with Gasteiger partial charge in [-0.2, -0.15) is 0 Å². The topological polar surface area (TPSA) is 49.6 Å². The van der Waals surface area contributed by atoms with E-state index < -0.39 is 0 Å². The van der Waals surface area contributed by atoms with Crippen molar-refractivity contribution in [1.82, 2.24) is 9.80 Å². The number of hydrogen-bond acceptors (Lipinski definition) is 3. The van der Waals surface area contributed by atoms with Gasteiger partial charge in [-0.1, -0.05) is 19.1 Å². The van der Waals surface area contributed by atoms with Gasteiger partial charge in [0.15, 0.2) is 0 Å². The van der Waals surface area contributed by atoms with Crippen molar-refractivity contribution in [3.05, 3.63) is 0 Å². The fourth-order valence-corrected chi connectivity index (χ4v) is 2.57. The molecule has 1 amide bonds. The lowest BCUT2D eigenvalue weighted by atomic mass is 10.00. The number of rotatable bonds is 4. The minimum absolute atomic E-state index is 0.0783. The highest BCUT2D eigenvalue weighted by molar-refractivity contribution is 7.80. The summed E-state index contributed by atoms with van der Waals surface area (Å²) in [5.74, 6) is -0.218. The summed E-state index contributed by atoms with van der Waals surface area (Å²) in [7, 11) is 3.99. The average Bonchev–Trinajstić information content (AvgIpc) is 2.29. The molecule has 1 unspecified atom stereocenters. The van der Waals surface area contributed by atoms with Crippen LogP contribution < -0.4 is 5.73 Å². The monoisotopic (exact) mass is 257 g/mol. The first-order valence-electron chi connectivity index (χ1n) is 6.21. The first-order chi connectivity index (χ1) is 7.97. The van der Waals surface area contributed by atoms with Crippen molar-refractivity contribution in [3.8, 4) is 0 Å². The molecule has 98 valence electrons. The third-order valence-electron chi connectivity index (χ3n) is 3.63. The summed E-state index contributed by atoms with van der Waals surface area (Å²) < 4.78 is 0. The van der Waals surface area contributed by atoms with Crippen LogP contribution in [0.15, 0.2) is 0 Å². The number of carbonyl (C=O) groups is 1. The van der Waals surface area contributed by atoms with Crippen molar-refractivity contribution in [2.45, 2.75) is 32.2 Å². The molecule has 0 aromatic rings. The smallest absolute Gasteiger partial charge is 0.232 e. The van der Waals surface area contributed by atoms with Crippen LogP contribution >= 0.6 is 12.2 Å². The molecule has 0 aliphatic carbocycles. The summed E-state index contributed by atoms with van der Waals surface area (Å²) in [4.78, 5) is 16.7. The highest BCUT2D eigenvalue weighted by Gasteiger charge is 2.29. The highest BCUT2D eigenvalue weighted by Crippen LogP contribution is 2.17. The third kappa shape index (κ3) is 3.64. The average molecular weight is 257 g/mol. The lowest BCUT2D eigenvalue weighted by Gasteiger charge is -2.36. The van der Waals surface area contributed by atoms with Gasteiger partial charge in [0, 0.05) is 13.1 Å². The van der Waals surface area contributed by atoms with E-state index >= 15 is 0 Å². The Morgan fingerprint density at radius 2 is 2.06 bits per heavy atom. The quantitative estimate of drug-likeness (QED) is 0.759. The van der Waals surface area contributed by atoms with E-state index in [-0.39, 0.29) is 11.8 Å². The minimum atomic E-state index is -0.297.